The Kier molecular flexibility index (Phi) is 7.53. The number of H-pyrrole nitrogens is 1. The number of imidazole rings is 1. The Hall–Kier alpha value is -4.84. The average molecular weight is 589 g/mol. The number of thiazole rings is 1. The highest BCUT2D eigenvalue weighted by Gasteiger charge is 2.34. The standard InChI is InChI=1S/C30H28N4O7S/c35-26(33-29-31-22(16-42-29)28(37)38)23(13-19-11-10-18-8-4-5-9-21(18)19)34-27(36)25(32-30(34)39)24-15-40-14-20(41-24)12-17-6-2-1-3-7-17/h1-2,4-6,8-9,14-16,19,23,36H,3,7,10-13H2,(H,32,39)(H,37,38)(H,31,33,35). The normalized spacial score (nSPS) is 18.2. The third-order valence-corrected chi connectivity index (χ3v) is 8.36. The summed E-state index contributed by atoms with van der Waals surface area (Å²) in [6.07, 6.45) is 13.0. The minimum Gasteiger partial charge on any atom is -0.493 e. The molecule has 0 spiro atoms. The number of carbonyl (C=O) groups is 2. The third-order valence-electron chi connectivity index (χ3n) is 7.60. The summed E-state index contributed by atoms with van der Waals surface area (Å²) < 4.78 is 12.5. The summed E-state index contributed by atoms with van der Waals surface area (Å²) in [6, 6.07) is 6.81. The fraction of sp³-hybridized carbons (Fsp3) is 0.267. The lowest BCUT2D eigenvalue weighted by atomic mass is 9.93. The van der Waals surface area contributed by atoms with Gasteiger partial charge in [-0.05, 0) is 49.1 Å². The molecule has 0 bridgehead atoms. The molecule has 11 nitrogen and oxygen atoms in total. The number of amides is 1. The number of aryl methyl sites for hydroxylation is 1. The van der Waals surface area contributed by atoms with Crippen molar-refractivity contribution in [2.45, 2.75) is 50.5 Å². The van der Waals surface area contributed by atoms with Crippen LogP contribution in [0.15, 0.2) is 76.5 Å². The van der Waals surface area contributed by atoms with Crippen LogP contribution in [0.3, 0.4) is 0 Å². The molecular formula is C30H28N4O7S. The minimum atomic E-state index is -1.22. The van der Waals surface area contributed by atoms with Gasteiger partial charge in [0.1, 0.15) is 30.0 Å². The molecule has 1 aromatic carbocycles. The van der Waals surface area contributed by atoms with Crippen LogP contribution in [0.4, 0.5) is 5.13 Å². The van der Waals surface area contributed by atoms with Crippen LogP contribution in [0.25, 0.3) is 5.76 Å². The van der Waals surface area contributed by atoms with E-state index in [9.17, 15) is 24.6 Å². The zero-order valence-electron chi connectivity index (χ0n) is 22.4. The number of hydrogen-bond acceptors (Lipinski definition) is 8. The van der Waals surface area contributed by atoms with Gasteiger partial charge in [-0.2, -0.15) is 0 Å². The van der Waals surface area contributed by atoms with Crippen molar-refractivity contribution < 1.29 is 29.3 Å². The molecule has 0 saturated carbocycles. The van der Waals surface area contributed by atoms with Gasteiger partial charge in [0, 0.05) is 11.8 Å². The summed E-state index contributed by atoms with van der Waals surface area (Å²) in [7, 11) is 0. The van der Waals surface area contributed by atoms with Crippen molar-refractivity contribution in [1.82, 2.24) is 14.5 Å². The first-order chi connectivity index (χ1) is 20.4. The number of rotatable bonds is 9. The summed E-state index contributed by atoms with van der Waals surface area (Å²) in [6.45, 7) is 0. The Morgan fingerprint density at radius 2 is 2.10 bits per heavy atom. The monoisotopic (exact) mass is 588 g/mol. The van der Waals surface area contributed by atoms with Gasteiger partial charge in [-0.3, -0.25) is 9.78 Å². The molecule has 42 heavy (non-hydrogen) atoms. The van der Waals surface area contributed by atoms with Gasteiger partial charge in [-0.1, -0.05) is 48.1 Å². The number of aromatic carboxylic acids is 1. The number of hydrogen-bond donors (Lipinski definition) is 4. The number of carboxylic acid groups (broad SMARTS) is 1. The number of nitrogens with one attached hydrogen (secondary N) is 2. The van der Waals surface area contributed by atoms with Crippen molar-refractivity contribution in [2.24, 2.45) is 0 Å². The van der Waals surface area contributed by atoms with Crippen molar-refractivity contribution in [2.75, 3.05) is 5.32 Å². The largest absolute Gasteiger partial charge is 0.493 e. The first-order valence-corrected chi connectivity index (χ1v) is 14.4. The van der Waals surface area contributed by atoms with Gasteiger partial charge in [0.2, 0.25) is 11.8 Å². The van der Waals surface area contributed by atoms with Gasteiger partial charge in [-0.25, -0.2) is 19.1 Å². The number of benzene rings is 1. The van der Waals surface area contributed by atoms with E-state index in [-0.39, 0.29) is 34.6 Å². The summed E-state index contributed by atoms with van der Waals surface area (Å²) in [5.41, 5.74) is 2.50. The number of carbonyl (C=O) groups excluding carboxylic acids is 1. The van der Waals surface area contributed by atoms with E-state index in [4.69, 9.17) is 9.47 Å². The zero-order valence-corrected chi connectivity index (χ0v) is 23.2. The maximum Gasteiger partial charge on any atom is 0.355 e. The number of carboxylic acids is 1. The Morgan fingerprint density at radius 3 is 2.88 bits per heavy atom. The summed E-state index contributed by atoms with van der Waals surface area (Å²) in [4.78, 5) is 44.9. The second-order valence-electron chi connectivity index (χ2n) is 10.3. The Morgan fingerprint density at radius 1 is 1.24 bits per heavy atom. The van der Waals surface area contributed by atoms with E-state index in [2.05, 4.69) is 21.4 Å². The number of allylic oxidation sites excluding steroid dienone is 4. The van der Waals surface area contributed by atoms with E-state index in [1.807, 2.05) is 36.4 Å². The molecule has 2 aliphatic carbocycles. The lowest BCUT2D eigenvalue weighted by Crippen LogP contribution is -2.33. The lowest BCUT2D eigenvalue weighted by Gasteiger charge is -2.22. The highest BCUT2D eigenvalue weighted by atomic mass is 32.1. The highest BCUT2D eigenvalue weighted by molar-refractivity contribution is 7.14. The second-order valence-corrected chi connectivity index (χ2v) is 11.1. The number of nitrogens with zero attached hydrogens (tertiary/aromatic N) is 2. The van der Waals surface area contributed by atoms with E-state index in [0.717, 1.165) is 52.7 Å². The molecule has 2 aromatic heterocycles. The van der Waals surface area contributed by atoms with Crippen LogP contribution in [0.2, 0.25) is 0 Å². The molecule has 4 N–H and O–H groups in total. The van der Waals surface area contributed by atoms with Gasteiger partial charge >= 0.3 is 11.7 Å². The predicted molar refractivity (Wildman–Crippen MR) is 155 cm³/mol. The number of anilines is 1. The third kappa shape index (κ3) is 5.53. The lowest BCUT2D eigenvalue weighted by molar-refractivity contribution is -0.119. The molecule has 12 heteroatoms. The average Bonchev–Trinajstić information content (AvgIpc) is 3.70. The van der Waals surface area contributed by atoms with E-state index in [1.54, 1.807) is 0 Å². The van der Waals surface area contributed by atoms with E-state index in [1.165, 1.54) is 23.5 Å². The van der Waals surface area contributed by atoms with Gasteiger partial charge in [-0.15, -0.1) is 11.3 Å². The zero-order chi connectivity index (χ0) is 29.2. The van der Waals surface area contributed by atoms with Crippen LogP contribution in [0.1, 0.15) is 71.4 Å². The predicted octanol–water partition coefficient (Wildman–Crippen LogP) is 5.19. The number of aromatic hydroxyl groups is 1. The number of aromatic amines is 1. The Bertz CT molecular complexity index is 1720. The molecule has 2 atom stereocenters. The summed E-state index contributed by atoms with van der Waals surface area (Å²) in [5, 5.41) is 24.6. The molecule has 2 unspecified atom stereocenters. The molecule has 1 aliphatic heterocycles. The van der Waals surface area contributed by atoms with E-state index in [0.29, 0.717) is 12.2 Å². The molecule has 0 fully saturated rings. The molecule has 0 saturated heterocycles. The van der Waals surface area contributed by atoms with Gasteiger partial charge in [0.15, 0.2) is 16.6 Å². The second kappa shape index (κ2) is 11.6. The fourth-order valence-corrected chi connectivity index (χ4v) is 6.27. The molecule has 0 radical (unpaired) electrons. The molecular weight excluding hydrogens is 560 g/mol. The first kappa shape index (κ1) is 27.3. The number of fused-ring (bicyclic) bond motifs is 1. The first-order valence-electron chi connectivity index (χ1n) is 13.6. The number of ether oxygens (including phenoxy) is 2. The van der Waals surface area contributed by atoms with E-state index >= 15 is 0 Å². The highest BCUT2D eigenvalue weighted by Crippen LogP contribution is 2.40. The summed E-state index contributed by atoms with van der Waals surface area (Å²) >= 11 is 0.959. The molecule has 216 valence electrons. The van der Waals surface area contributed by atoms with Crippen molar-refractivity contribution in [3.8, 4) is 5.88 Å². The Labute approximate surface area is 244 Å². The van der Waals surface area contributed by atoms with Crippen LogP contribution in [0, 0.1) is 0 Å². The number of aromatic nitrogens is 3. The van der Waals surface area contributed by atoms with Gasteiger partial charge in [0.05, 0.1) is 0 Å². The van der Waals surface area contributed by atoms with E-state index < -0.39 is 29.5 Å². The van der Waals surface area contributed by atoms with Crippen LogP contribution in [-0.4, -0.2) is 36.6 Å². The van der Waals surface area contributed by atoms with Crippen LogP contribution in [0.5, 0.6) is 5.88 Å². The van der Waals surface area contributed by atoms with Crippen LogP contribution in [-0.2, 0) is 20.7 Å². The van der Waals surface area contributed by atoms with Gasteiger partial charge in [0.25, 0.3) is 0 Å². The van der Waals surface area contributed by atoms with Gasteiger partial charge < -0.3 is 25.0 Å². The van der Waals surface area contributed by atoms with Crippen molar-refractivity contribution >= 4 is 34.1 Å². The maximum atomic E-state index is 13.7. The molecule has 3 aromatic rings. The topological polar surface area (TPSA) is 156 Å². The maximum absolute atomic E-state index is 13.7. The van der Waals surface area contributed by atoms with Crippen molar-refractivity contribution in [1.29, 1.82) is 0 Å². The molecule has 1 amide bonds. The minimum absolute atomic E-state index is 0.0184. The van der Waals surface area contributed by atoms with Crippen molar-refractivity contribution in [3.05, 3.63) is 105 Å². The van der Waals surface area contributed by atoms with Crippen LogP contribution < -0.4 is 11.0 Å². The molecule has 3 heterocycles. The molecule has 3 aliphatic rings. The van der Waals surface area contributed by atoms with Crippen LogP contribution >= 0.6 is 11.3 Å². The fourth-order valence-electron chi connectivity index (χ4n) is 5.58. The SMILES string of the molecule is O=C(O)c1csc(NC(=O)C(CC2CCc3ccccc32)n2c(O)c(C3=COC=C(CC4=CC=CCC4)O3)[nH]c2=O)n1. The van der Waals surface area contributed by atoms with Crippen molar-refractivity contribution in [3.63, 3.8) is 0 Å². The quantitative estimate of drug-likeness (QED) is 0.266. The Balaban J connectivity index is 1.29. The summed E-state index contributed by atoms with van der Waals surface area (Å²) in [5.74, 6) is -1.74. The smallest absolute Gasteiger partial charge is 0.355 e. The molecule has 6 rings (SSSR count).